The summed E-state index contributed by atoms with van der Waals surface area (Å²) in [5.41, 5.74) is 3.35. The van der Waals surface area contributed by atoms with Crippen LogP contribution < -0.4 is 24.3 Å². The van der Waals surface area contributed by atoms with Crippen LogP contribution in [0.1, 0.15) is 35.6 Å². The standard InChI is InChI=1S/C29H32N2O5/c1-33-24-12-21(13-25(15-24)34-2)17-31-18-23(9-10-26(31)22-6-4-3-5-7-22)29(32)30-16-20-8-11-27-28(14-20)36-19-35-27/h3-8,11-15,23,26H,9-10,16-19H2,1-2H3,(H,30,32). The first-order valence-corrected chi connectivity index (χ1v) is 12.3. The van der Waals surface area contributed by atoms with E-state index in [-0.39, 0.29) is 24.7 Å². The third-order valence-electron chi connectivity index (χ3n) is 6.94. The number of benzene rings is 3. The number of nitrogens with zero attached hydrogens (tertiary/aromatic N) is 1. The van der Waals surface area contributed by atoms with Crippen LogP contribution in [0.15, 0.2) is 66.7 Å². The lowest BCUT2D eigenvalue weighted by molar-refractivity contribution is -0.127. The largest absolute Gasteiger partial charge is 0.497 e. The fourth-order valence-electron chi connectivity index (χ4n) is 5.06. The zero-order valence-electron chi connectivity index (χ0n) is 20.7. The average Bonchev–Trinajstić information content (AvgIpc) is 3.40. The molecule has 0 radical (unpaired) electrons. The molecule has 5 rings (SSSR count). The molecule has 7 heteroatoms. The van der Waals surface area contributed by atoms with Gasteiger partial charge in [0.15, 0.2) is 11.5 Å². The molecular weight excluding hydrogens is 456 g/mol. The second-order valence-electron chi connectivity index (χ2n) is 9.26. The number of methoxy groups -OCH3 is 2. The van der Waals surface area contributed by atoms with E-state index in [0.717, 1.165) is 47.0 Å². The fourth-order valence-corrected chi connectivity index (χ4v) is 5.06. The Bertz CT molecular complexity index is 1180. The van der Waals surface area contributed by atoms with Gasteiger partial charge in [-0.05, 0) is 53.8 Å². The molecule has 1 amide bonds. The van der Waals surface area contributed by atoms with Crippen LogP contribution in [0.3, 0.4) is 0 Å². The first kappa shape index (κ1) is 24.0. The second-order valence-corrected chi connectivity index (χ2v) is 9.26. The Labute approximate surface area is 211 Å². The van der Waals surface area contributed by atoms with Crippen LogP contribution in [0.5, 0.6) is 23.0 Å². The average molecular weight is 489 g/mol. The number of nitrogens with one attached hydrogen (secondary N) is 1. The maximum atomic E-state index is 13.2. The zero-order chi connectivity index (χ0) is 24.9. The Hall–Kier alpha value is -3.71. The predicted octanol–water partition coefficient (Wildman–Crippen LogP) is 4.70. The van der Waals surface area contributed by atoms with E-state index >= 15 is 0 Å². The first-order chi connectivity index (χ1) is 17.6. The molecule has 0 bridgehead atoms. The summed E-state index contributed by atoms with van der Waals surface area (Å²) in [5.74, 6) is 2.98. The molecule has 2 atom stereocenters. The Kier molecular flexibility index (Phi) is 7.28. The number of rotatable bonds is 8. The van der Waals surface area contributed by atoms with Crippen molar-refractivity contribution in [3.63, 3.8) is 0 Å². The van der Waals surface area contributed by atoms with E-state index in [2.05, 4.69) is 34.5 Å². The van der Waals surface area contributed by atoms with E-state index in [1.807, 2.05) is 42.5 Å². The first-order valence-electron chi connectivity index (χ1n) is 12.3. The molecule has 36 heavy (non-hydrogen) atoms. The molecule has 0 saturated carbocycles. The molecule has 2 aliphatic heterocycles. The number of hydrogen-bond donors (Lipinski definition) is 1. The van der Waals surface area contributed by atoms with E-state index in [1.54, 1.807) is 14.2 Å². The van der Waals surface area contributed by atoms with Gasteiger partial charge in [0.1, 0.15) is 11.5 Å². The molecule has 1 fully saturated rings. The van der Waals surface area contributed by atoms with Gasteiger partial charge >= 0.3 is 0 Å². The van der Waals surface area contributed by atoms with Gasteiger partial charge in [-0.2, -0.15) is 0 Å². The van der Waals surface area contributed by atoms with Crippen molar-refractivity contribution in [2.75, 3.05) is 27.6 Å². The minimum atomic E-state index is -0.0912. The van der Waals surface area contributed by atoms with Crippen LogP contribution in [0.2, 0.25) is 0 Å². The van der Waals surface area contributed by atoms with Crippen molar-refractivity contribution in [2.24, 2.45) is 5.92 Å². The summed E-state index contributed by atoms with van der Waals surface area (Å²) in [7, 11) is 3.32. The highest BCUT2D eigenvalue weighted by molar-refractivity contribution is 5.79. The summed E-state index contributed by atoms with van der Waals surface area (Å²) in [5, 5.41) is 3.13. The maximum Gasteiger partial charge on any atom is 0.231 e. The van der Waals surface area contributed by atoms with Gasteiger partial charge in [-0.1, -0.05) is 36.4 Å². The monoisotopic (exact) mass is 488 g/mol. The van der Waals surface area contributed by atoms with E-state index in [9.17, 15) is 4.79 Å². The summed E-state index contributed by atoms with van der Waals surface area (Å²) >= 11 is 0. The normalized spacial score (nSPS) is 19.1. The number of carbonyl (C=O) groups excluding carboxylic acids is 1. The van der Waals surface area contributed by atoms with Gasteiger partial charge in [-0.3, -0.25) is 9.69 Å². The third-order valence-corrected chi connectivity index (χ3v) is 6.94. The Balaban J connectivity index is 1.30. The molecule has 3 aromatic rings. The van der Waals surface area contributed by atoms with Gasteiger partial charge in [0.2, 0.25) is 12.7 Å². The molecule has 7 nitrogen and oxygen atoms in total. The van der Waals surface area contributed by atoms with Gasteiger partial charge in [0, 0.05) is 31.7 Å². The lowest BCUT2D eigenvalue weighted by atomic mass is 9.88. The van der Waals surface area contributed by atoms with Crippen LogP contribution in [0.4, 0.5) is 0 Å². The number of amides is 1. The lowest BCUT2D eigenvalue weighted by Gasteiger charge is -2.39. The van der Waals surface area contributed by atoms with Crippen molar-refractivity contribution in [1.29, 1.82) is 0 Å². The number of carbonyl (C=O) groups is 1. The van der Waals surface area contributed by atoms with Gasteiger partial charge in [0.05, 0.1) is 20.1 Å². The number of ether oxygens (including phenoxy) is 4. The highest BCUT2D eigenvalue weighted by atomic mass is 16.7. The number of piperidine rings is 1. The van der Waals surface area contributed by atoms with Crippen molar-refractivity contribution in [3.8, 4) is 23.0 Å². The van der Waals surface area contributed by atoms with Crippen LogP contribution >= 0.6 is 0 Å². The Morgan fingerprint density at radius 1 is 0.917 bits per heavy atom. The van der Waals surface area contributed by atoms with E-state index in [4.69, 9.17) is 18.9 Å². The van der Waals surface area contributed by atoms with Crippen molar-refractivity contribution >= 4 is 5.91 Å². The second kappa shape index (κ2) is 10.9. The number of fused-ring (bicyclic) bond motifs is 1. The topological polar surface area (TPSA) is 69.3 Å². The summed E-state index contributed by atoms with van der Waals surface area (Å²) in [6.45, 7) is 2.07. The molecule has 0 aliphatic carbocycles. The number of likely N-dealkylation sites (tertiary alicyclic amines) is 1. The molecule has 2 heterocycles. The van der Waals surface area contributed by atoms with Gasteiger partial charge in [0.25, 0.3) is 0 Å². The minimum Gasteiger partial charge on any atom is -0.497 e. The molecule has 1 N–H and O–H groups in total. The summed E-state index contributed by atoms with van der Waals surface area (Å²) in [6.07, 6.45) is 1.75. The molecule has 1 saturated heterocycles. The van der Waals surface area contributed by atoms with Crippen molar-refractivity contribution < 1.29 is 23.7 Å². The third kappa shape index (κ3) is 5.41. The van der Waals surface area contributed by atoms with Crippen LogP contribution in [0.25, 0.3) is 0 Å². The highest BCUT2D eigenvalue weighted by Crippen LogP contribution is 2.36. The van der Waals surface area contributed by atoms with Crippen molar-refractivity contribution in [3.05, 3.63) is 83.4 Å². The predicted molar refractivity (Wildman–Crippen MR) is 136 cm³/mol. The van der Waals surface area contributed by atoms with Gasteiger partial charge < -0.3 is 24.3 Å². The molecule has 0 aromatic heterocycles. The molecular formula is C29H32N2O5. The van der Waals surface area contributed by atoms with Crippen LogP contribution in [-0.2, 0) is 17.9 Å². The van der Waals surface area contributed by atoms with Crippen LogP contribution in [-0.4, -0.2) is 38.4 Å². The smallest absolute Gasteiger partial charge is 0.231 e. The highest BCUT2D eigenvalue weighted by Gasteiger charge is 2.33. The van der Waals surface area contributed by atoms with E-state index in [1.165, 1.54) is 5.56 Å². The van der Waals surface area contributed by atoms with Crippen molar-refractivity contribution in [1.82, 2.24) is 10.2 Å². The molecule has 188 valence electrons. The molecule has 2 unspecified atom stereocenters. The Morgan fingerprint density at radius 2 is 1.67 bits per heavy atom. The number of hydrogen-bond acceptors (Lipinski definition) is 6. The maximum absolute atomic E-state index is 13.2. The molecule has 0 spiro atoms. The quantitative estimate of drug-likeness (QED) is 0.496. The zero-order valence-corrected chi connectivity index (χ0v) is 20.7. The summed E-state index contributed by atoms with van der Waals surface area (Å²) < 4.78 is 21.8. The van der Waals surface area contributed by atoms with Gasteiger partial charge in [-0.15, -0.1) is 0 Å². The van der Waals surface area contributed by atoms with Crippen LogP contribution in [0, 0.1) is 5.92 Å². The summed E-state index contributed by atoms with van der Waals surface area (Å²) in [4.78, 5) is 15.6. The van der Waals surface area contributed by atoms with E-state index < -0.39 is 0 Å². The Morgan fingerprint density at radius 3 is 2.42 bits per heavy atom. The molecule has 3 aromatic carbocycles. The lowest BCUT2D eigenvalue weighted by Crippen LogP contribution is -2.44. The minimum absolute atomic E-state index is 0.0763. The van der Waals surface area contributed by atoms with E-state index in [0.29, 0.717) is 19.6 Å². The fraction of sp³-hybridized carbons (Fsp3) is 0.345. The summed E-state index contributed by atoms with van der Waals surface area (Å²) in [6, 6.07) is 22.5. The van der Waals surface area contributed by atoms with Gasteiger partial charge in [-0.25, -0.2) is 0 Å². The molecule has 2 aliphatic rings. The SMILES string of the molecule is COc1cc(CN2CC(C(=O)NCc3ccc4c(c3)OCO4)CCC2c2ccccc2)cc(OC)c1. The van der Waals surface area contributed by atoms with Crippen molar-refractivity contribution in [2.45, 2.75) is 32.0 Å².